The van der Waals surface area contributed by atoms with Gasteiger partial charge in [-0.2, -0.15) is 0 Å². The van der Waals surface area contributed by atoms with Gasteiger partial charge in [0.25, 0.3) is 0 Å². The van der Waals surface area contributed by atoms with Crippen LogP contribution in [0.2, 0.25) is 0 Å². The molecule has 1 aliphatic carbocycles. The van der Waals surface area contributed by atoms with Crippen LogP contribution >= 0.6 is 0 Å². The van der Waals surface area contributed by atoms with Crippen molar-refractivity contribution in [3.8, 4) is 0 Å². The minimum Gasteiger partial charge on any atom is -0.396 e. The highest BCUT2D eigenvalue weighted by Crippen LogP contribution is 2.36. The number of aliphatic hydroxyl groups excluding tert-OH is 2. The molecule has 0 heterocycles. The van der Waals surface area contributed by atoms with Crippen molar-refractivity contribution in [1.82, 2.24) is 0 Å². The van der Waals surface area contributed by atoms with Crippen LogP contribution in [0.15, 0.2) is 0 Å². The van der Waals surface area contributed by atoms with Crippen molar-refractivity contribution in [3.63, 3.8) is 0 Å². The summed E-state index contributed by atoms with van der Waals surface area (Å²) in [5.41, 5.74) is 0. The second-order valence-electron chi connectivity index (χ2n) is 4.31. The minimum atomic E-state index is 0.238. The molecule has 0 aliphatic heterocycles. The van der Waals surface area contributed by atoms with E-state index in [0.717, 1.165) is 12.8 Å². The van der Waals surface area contributed by atoms with Gasteiger partial charge in [0, 0.05) is 13.2 Å². The van der Waals surface area contributed by atoms with Crippen LogP contribution in [0.1, 0.15) is 26.7 Å². The molecule has 1 aliphatic rings. The molecule has 72 valence electrons. The SMILES string of the molecule is CC1CC(CO)C(CO)CC1C. The van der Waals surface area contributed by atoms with Gasteiger partial charge in [0.1, 0.15) is 0 Å². The first kappa shape index (κ1) is 10.0. The predicted molar refractivity (Wildman–Crippen MR) is 48.7 cm³/mol. The Morgan fingerprint density at radius 2 is 1.25 bits per heavy atom. The van der Waals surface area contributed by atoms with E-state index in [0.29, 0.717) is 23.7 Å². The van der Waals surface area contributed by atoms with Crippen LogP contribution in [-0.4, -0.2) is 23.4 Å². The van der Waals surface area contributed by atoms with E-state index in [1.807, 2.05) is 0 Å². The molecule has 0 saturated heterocycles. The number of hydrogen-bond donors (Lipinski definition) is 2. The Labute approximate surface area is 74.6 Å². The maximum atomic E-state index is 9.09. The van der Waals surface area contributed by atoms with Crippen LogP contribution in [0.3, 0.4) is 0 Å². The molecule has 1 saturated carbocycles. The molecular weight excluding hydrogens is 152 g/mol. The first-order valence-electron chi connectivity index (χ1n) is 4.90. The second-order valence-corrected chi connectivity index (χ2v) is 4.31. The van der Waals surface area contributed by atoms with Crippen LogP contribution in [-0.2, 0) is 0 Å². The van der Waals surface area contributed by atoms with Crippen LogP contribution < -0.4 is 0 Å². The molecule has 0 amide bonds. The Morgan fingerprint density at radius 3 is 1.50 bits per heavy atom. The van der Waals surface area contributed by atoms with Gasteiger partial charge in [-0.05, 0) is 36.5 Å². The lowest BCUT2D eigenvalue weighted by molar-refractivity contribution is 0.0433. The Morgan fingerprint density at radius 1 is 0.917 bits per heavy atom. The third-order valence-electron chi connectivity index (χ3n) is 3.46. The predicted octanol–water partition coefficient (Wildman–Crippen LogP) is 1.27. The minimum absolute atomic E-state index is 0.238. The van der Waals surface area contributed by atoms with E-state index < -0.39 is 0 Å². The largest absolute Gasteiger partial charge is 0.396 e. The van der Waals surface area contributed by atoms with Gasteiger partial charge < -0.3 is 10.2 Å². The van der Waals surface area contributed by atoms with Gasteiger partial charge >= 0.3 is 0 Å². The lowest BCUT2D eigenvalue weighted by atomic mass is 9.70. The van der Waals surface area contributed by atoms with Crippen molar-refractivity contribution in [3.05, 3.63) is 0 Å². The highest BCUT2D eigenvalue weighted by atomic mass is 16.3. The molecule has 0 aromatic heterocycles. The summed E-state index contributed by atoms with van der Waals surface area (Å²) in [6, 6.07) is 0. The maximum absolute atomic E-state index is 9.09. The third kappa shape index (κ3) is 1.99. The van der Waals surface area contributed by atoms with Gasteiger partial charge in [0.05, 0.1) is 0 Å². The lowest BCUT2D eigenvalue weighted by Gasteiger charge is -2.37. The fourth-order valence-electron chi connectivity index (χ4n) is 2.25. The topological polar surface area (TPSA) is 40.5 Å². The van der Waals surface area contributed by atoms with E-state index in [4.69, 9.17) is 10.2 Å². The molecule has 12 heavy (non-hydrogen) atoms. The third-order valence-corrected chi connectivity index (χ3v) is 3.46. The second kappa shape index (κ2) is 4.24. The zero-order valence-electron chi connectivity index (χ0n) is 8.03. The van der Waals surface area contributed by atoms with Crippen molar-refractivity contribution >= 4 is 0 Å². The molecule has 0 aromatic carbocycles. The molecule has 2 nitrogen and oxygen atoms in total. The smallest absolute Gasteiger partial charge is 0.0462 e. The standard InChI is InChI=1S/C10H20O2/c1-7-3-9(5-11)10(6-12)4-8(7)2/h7-12H,3-6H2,1-2H3. The van der Waals surface area contributed by atoms with E-state index in [2.05, 4.69) is 13.8 Å². The summed E-state index contributed by atoms with van der Waals surface area (Å²) in [5.74, 6) is 2.07. The Hall–Kier alpha value is -0.0800. The summed E-state index contributed by atoms with van der Waals surface area (Å²) in [7, 11) is 0. The van der Waals surface area contributed by atoms with Crippen molar-refractivity contribution in [2.24, 2.45) is 23.7 Å². The average molecular weight is 172 g/mol. The van der Waals surface area contributed by atoms with Crippen molar-refractivity contribution < 1.29 is 10.2 Å². The fourth-order valence-corrected chi connectivity index (χ4v) is 2.25. The average Bonchev–Trinajstić information content (AvgIpc) is 2.09. The van der Waals surface area contributed by atoms with Crippen LogP contribution in [0.5, 0.6) is 0 Å². The zero-order chi connectivity index (χ0) is 9.14. The summed E-state index contributed by atoms with van der Waals surface area (Å²) in [6.45, 7) is 4.95. The van der Waals surface area contributed by atoms with E-state index in [1.165, 1.54) is 0 Å². The molecule has 4 atom stereocenters. The Bertz CT molecular complexity index is 120. The van der Waals surface area contributed by atoms with Crippen LogP contribution in [0.4, 0.5) is 0 Å². The van der Waals surface area contributed by atoms with Gasteiger partial charge in [-0.3, -0.25) is 0 Å². The summed E-state index contributed by atoms with van der Waals surface area (Å²) < 4.78 is 0. The van der Waals surface area contributed by atoms with Gasteiger partial charge in [-0.15, -0.1) is 0 Å². The molecule has 0 aromatic rings. The number of rotatable bonds is 2. The van der Waals surface area contributed by atoms with E-state index in [1.54, 1.807) is 0 Å². The van der Waals surface area contributed by atoms with Gasteiger partial charge in [0.15, 0.2) is 0 Å². The van der Waals surface area contributed by atoms with Crippen molar-refractivity contribution in [2.45, 2.75) is 26.7 Å². The van der Waals surface area contributed by atoms with Crippen LogP contribution in [0, 0.1) is 23.7 Å². The first-order valence-corrected chi connectivity index (χ1v) is 4.90. The molecule has 0 spiro atoms. The summed E-state index contributed by atoms with van der Waals surface area (Å²) in [6.07, 6.45) is 2.14. The molecular formula is C10H20O2. The van der Waals surface area contributed by atoms with Gasteiger partial charge in [-0.1, -0.05) is 13.8 Å². The summed E-state index contributed by atoms with van der Waals surface area (Å²) >= 11 is 0. The fraction of sp³-hybridized carbons (Fsp3) is 1.00. The molecule has 0 radical (unpaired) electrons. The molecule has 2 N–H and O–H groups in total. The molecule has 1 fully saturated rings. The van der Waals surface area contributed by atoms with E-state index >= 15 is 0 Å². The molecule has 0 bridgehead atoms. The monoisotopic (exact) mass is 172 g/mol. The highest BCUT2D eigenvalue weighted by molar-refractivity contribution is 4.81. The highest BCUT2D eigenvalue weighted by Gasteiger charge is 2.31. The molecule has 2 heteroatoms. The van der Waals surface area contributed by atoms with E-state index in [9.17, 15) is 0 Å². The molecule has 1 rings (SSSR count). The first-order chi connectivity index (χ1) is 5.69. The summed E-state index contributed by atoms with van der Waals surface area (Å²) in [4.78, 5) is 0. The summed E-state index contributed by atoms with van der Waals surface area (Å²) in [5, 5.41) is 18.2. The quantitative estimate of drug-likeness (QED) is 0.658. The Balaban J connectivity index is 2.52. The maximum Gasteiger partial charge on any atom is 0.0462 e. The van der Waals surface area contributed by atoms with Gasteiger partial charge in [0.2, 0.25) is 0 Å². The van der Waals surface area contributed by atoms with Crippen molar-refractivity contribution in [1.29, 1.82) is 0 Å². The zero-order valence-corrected chi connectivity index (χ0v) is 8.03. The molecule has 4 unspecified atom stereocenters. The van der Waals surface area contributed by atoms with Crippen molar-refractivity contribution in [2.75, 3.05) is 13.2 Å². The van der Waals surface area contributed by atoms with E-state index in [-0.39, 0.29) is 13.2 Å². The number of hydrogen-bond acceptors (Lipinski definition) is 2. The normalized spacial score (nSPS) is 43.0. The van der Waals surface area contributed by atoms with Crippen LogP contribution in [0.25, 0.3) is 0 Å². The lowest BCUT2D eigenvalue weighted by Crippen LogP contribution is -2.33. The number of aliphatic hydroxyl groups is 2. The Kier molecular flexibility index (Phi) is 3.53. The van der Waals surface area contributed by atoms with Gasteiger partial charge in [-0.25, -0.2) is 0 Å².